The molecule has 110 valence electrons. The van der Waals surface area contributed by atoms with Crippen molar-refractivity contribution in [1.29, 1.82) is 0 Å². The first-order chi connectivity index (χ1) is 10.2. The molecule has 2 heteroatoms. The quantitative estimate of drug-likeness (QED) is 0.847. The fourth-order valence-corrected chi connectivity index (χ4v) is 2.39. The van der Waals surface area contributed by atoms with E-state index in [9.17, 15) is 0 Å². The van der Waals surface area contributed by atoms with E-state index in [0.717, 1.165) is 18.3 Å². The third-order valence-corrected chi connectivity index (χ3v) is 3.67. The predicted octanol–water partition coefficient (Wildman–Crippen LogP) is 4.39. The minimum Gasteiger partial charge on any atom is -0.491 e. The number of nitrogens with one attached hydrogen (secondary N) is 1. The molecule has 0 radical (unpaired) electrons. The molecule has 0 atom stereocenters. The van der Waals surface area contributed by atoms with Crippen molar-refractivity contribution in [1.82, 2.24) is 5.32 Å². The van der Waals surface area contributed by atoms with Crippen LogP contribution < -0.4 is 10.1 Å². The van der Waals surface area contributed by atoms with Crippen molar-refractivity contribution in [3.63, 3.8) is 0 Å². The van der Waals surface area contributed by atoms with Crippen molar-refractivity contribution in [2.24, 2.45) is 0 Å². The van der Waals surface area contributed by atoms with Crippen LogP contribution in [0.25, 0.3) is 11.1 Å². The summed E-state index contributed by atoms with van der Waals surface area (Å²) < 4.78 is 5.76. The largest absolute Gasteiger partial charge is 0.491 e. The Balaban J connectivity index is 1.70. The fraction of sp³-hybridized carbons (Fsp3) is 0.368. The lowest BCUT2D eigenvalue weighted by molar-refractivity contribution is 0.242. The van der Waals surface area contributed by atoms with Gasteiger partial charge in [0.05, 0.1) is 6.10 Å². The molecule has 0 bridgehead atoms. The molecule has 1 saturated carbocycles. The SMILES string of the molecule is CC(C)Oc1cccc(-c2ccc(CNC3CC3)cc2)c1. The number of rotatable bonds is 6. The molecule has 0 unspecified atom stereocenters. The van der Waals surface area contributed by atoms with Gasteiger partial charge in [-0.1, -0.05) is 36.4 Å². The van der Waals surface area contributed by atoms with E-state index in [2.05, 4.69) is 47.8 Å². The second-order valence-electron chi connectivity index (χ2n) is 6.05. The van der Waals surface area contributed by atoms with Crippen LogP contribution in [0.15, 0.2) is 48.5 Å². The highest BCUT2D eigenvalue weighted by molar-refractivity contribution is 5.65. The van der Waals surface area contributed by atoms with Crippen molar-refractivity contribution in [2.45, 2.75) is 45.4 Å². The third kappa shape index (κ3) is 4.08. The molecule has 0 heterocycles. The molecule has 0 amide bonds. The van der Waals surface area contributed by atoms with Crippen LogP contribution in [-0.2, 0) is 6.54 Å². The molecule has 1 N–H and O–H groups in total. The van der Waals surface area contributed by atoms with E-state index in [4.69, 9.17) is 4.74 Å². The van der Waals surface area contributed by atoms with Crippen LogP contribution in [0.1, 0.15) is 32.3 Å². The van der Waals surface area contributed by atoms with Crippen LogP contribution in [0.5, 0.6) is 5.75 Å². The Bertz CT molecular complexity index is 585. The second kappa shape index (κ2) is 6.31. The first-order valence-corrected chi connectivity index (χ1v) is 7.80. The van der Waals surface area contributed by atoms with Gasteiger partial charge >= 0.3 is 0 Å². The molecule has 1 aliphatic rings. The van der Waals surface area contributed by atoms with Crippen LogP contribution in [0.2, 0.25) is 0 Å². The zero-order valence-electron chi connectivity index (χ0n) is 12.8. The van der Waals surface area contributed by atoms with Crippen LogP contribution in [0.4, 0.5) is 0 Å². The molecule has 2 aromatic carbocycles. The van der Waals surface area contributed by atoms with Gasteiger partial charge in [-0.3, -0.25) is 0 Å². The third-order valence-electron chi connectivity index (χ3n) is 3.67. The van der Waals surface area contributed by atoms with Gasteiger partial charge in [-0.25, -0.2) is 0 Å². The molecule has 0 aromatic heterocycles. The van der Waals surface area contributed by atoms with Crippen LogP contribution in [-0.4, -0.2) is 12.1 Å². The van der Waals surface area contributed by atoms with Gasteiger partial charge in [0.2, 0.25) is 0 Å². The smallest absolute Gasteiger partial charge is 0.120 e. The van der Waals surface area contributed by atoms with E-state index in [1.54, 1.807) is 0 Å². The van der Waals surface area contributed by atoms with E-state index < -0.39 is 0 Å². The lowest BCUT2D eigenvalue weighted by Crippen LogP contribution is -2.14. The Labute approximate surface area is 127 Å². The topological polar surface area (TPSA) is 21.3 Å². The van der Waals surface area contributed by atoms with Gasteiger partial charge in [0.15, 0.2) is 0 Å². The molecular weight excluding hydrogens is 258 g/mol. The minimum atomic E-state index is 0.205. The Morgan fingerprint density at radius 1 is 1.05 bits per heavy atom. The summed E-state index contributed by atoms with van der Waals surface area (Å²) in [5.41, 5.74) is 3.79. The predicted molar refractivity (Wildman–Crippen MR) is 87.5 cm³/mol. The molecule has 0 spiro atoms. The highest BCUT2D eigenvalue weighted by atomic mass is 16.5. The maximum atomic E-state index is 5.76. The maximum absolute atomic E-state index is 5.76. The summed E-state index contributed by atoms with van der Waals surface area (Å²) >= 11 is 0. The molecule has 0 saturated heterocycles. The molecule has 1 aliphatic carbocycles. The van der Waals surface area contributed by atoms with E-state index >= 15 is 0 Å². The highest BCUT2D eigenvalue weighted by Crippen LogP contribution is 2.25. The minimum absolute atomic E-state index is 0.205. The van der Waals surface area contributed by atoms with Gasteiger partial charge in [0, 0.05) is 12.6 Å². The van der Waals surface area contributed by atoms with Crippen molar-refractivity contribution >= 4 is 0 Å². The van der Waals surface area contributed by atoms with Gasteiger partial charge in [-0.15, -0.1) is 0 Å². The maximum Gasteiger partial charge on any atom is 0.120 e. The normalized spacial score (nSPS) is 14.4. The van der Waals surface area contributed by atoms with Crippen LogP contribution in [0.3, 0.4) is 0 Å². The zero-order valence-corrected chi connectivity index (χ0v) is 12.8. The molecule has 21 heavy (non-hydrogen) atoms. The summed E-state index contributed by atoms with van der Waals surface area (Å²) in [5, 5.41) is 3.54. The van der Waals surface area contributed by atoms with Crippen molar-refractivity contribution < 1.29 is 4.74 Å². The lowest BCUT2D eigenvalue weighted by Gasteiger charge is -2.11. The standard InChI is InChI=1S/C19H23NO/c1-14(2)21-19-5-3-4-17(12-19)16-8-6-15(7-9-16)13-20-18-10-11-18/h3-9,12,14,18,20H,10-11,13H2,1-2H3. The summed E-state index contributed by atoms with van der Waals surface area (Å²) in [5.74, 6) is 0.932. The molecule has 1 fully saturated rings. The number of hydrogen-bond acceptors (Lipinski definition) is 2. The molecular formula is C19H23NO. The molecule has 0 aliphatic heterocycles. The molecule has 3 rings (SSSR count). The Kier molecular flexibility index (Phi) is 4.26. The molecule has 2 aromatic rings. The average molecular weight is 281 g/mol. The summed E-state index contributed by atoms with van der Waals surface area (Å²) in [6.45, 7) is 5.07. The van der Waals surface area contributed by atoms with Gasteiger partial charge in [0.1, 0.15) is 5.75 Å². The van der Waals surface area contributed by atoms with Crippen molar-refractivity contribution in [3.05, 3.63) is 54.1 Å². The first kappa shape index (κ1) is 14.2. The van der Waals surface area contributed by atoms with Gasteiger partial charge in [-0.05, 0) is 55.5 Å². The van der Waals surface area contributed by atoms with Gasteiger partial charge < -0.3 is 10.1 Å². The number of benzene rings is 2. The average Bonchev–Trinajstić information content (AvgIpc) is 3.29. The summed E-state index contributed by atoms with van der Waals surface area (Å²) in [6, 6.07) is 17.9. The van der Waals surface area contributed by atoms with E-state index in [1.165, 1.54) is 29.5 Å². The van der Waals surface area contributed by atoms with E-state index in [-0.39, 0.29) is 6.10 Å². The number of ether oxygens (including phenoxy) is 1. The summed E-state index contributed by atoms with van der Waals surface area (Å²) in [7, 11) is 0. The van der Waals surface area contributed by atoms with Crippen molar-refractivity contribution in [2.75, 3.05) is 0 Å². The first-order valence-electron chi connectivity index (χ1n) is 7.80. The Morgan fingerprint density at radius 3 is 2.48 bits per heavy atom. The van der Waals surface area contributed by atoms with E-state index in [0.29, 0.717) is 0 Å². The van der Waals surface area contributed by atoms with Gasteiger partial charge in [-0.2, -0.15) is 0 Å². The Hall–Kier alpha value is -1.80. The fourth-order valence-electron chi connectivity index (χ4n) is 2.39. The number of hydrogen-bond donors (Lipinski definition) is 1. The van der Waals surface area contributed by atoms with E-state index in [1.807, 2.05) is 19.9 Å². The van der Waals surface area contributed by atoms with Crippen LogP contribution >= 0.6 is 0 Å². The van der Waals surface area contributed by atoms with Crippen LogP contribution in [0, 0.1) is 0 Å². The summed E-state index contributed by atoms with van der Waals surface area (Å²) in [4.78, 5) is 0. The molecule has 2 nitrogen and oxygen atoms in total. The monoisotopic (exact) mass is 281 g/mol. The summed E-state index contributed by atoms with van der Waals surface area (Å²) in [6.07, 6.45) is 2.87. The van der Waals surface area contributed by atoms with Crippen molar-refractivity contribution in [3.8, 4) is 16.9 Å². The Morgan fingerprint density at radius 2 is 1.81 bits per heavy atom. The van der Waals surface area contributed by atoms with Gasteiger partial charge in [0.25, 0.3) is 0 Å². The second-order valence-corrected chi connectivity index (χ2v) is 6.05. The lowest BCUT2D eigenvalue weighted by atomic mass is 10.0. The zero-order chi connectivity index (χ0) is 14.7. The highest BCUT2D eigenvalue weighted by Gasteiger charge is 2.19.